The standard InChI is InChI=1S/C19H18ClFN2O2/c1-11-6-7-14(8-12(11)2)23-10-13(9-17(23)24)22-19(25)18-15(20)4-3-5-16(18)21/h3-8,13H,9-10H2,1-2H3,(H,22,25)/t13-/m1/s1. The van der Waals surface area contributed by atoms with Gasteiger partial charge in [0.25, 0.3) is 5.91 Å². The second-order valence-corrected chi connectivity index (χ2v) is 6.65. The first-order valence-electron chi connectivity index (χ1n) is 7.99. The lowest BCUT2D eigenvalue weighted by atomic mass is 10.1. The number of hydrogen-bond acceptors (Lipinski definition) is 2. The van der Waals surface area contributed by atoms with Gasteiger partial charge in [0.05, 0.1) is 16.6 Å². The summed E-state index contributed by atoms with van der Waals surface area (Å²) in [4.78, 5) is 26.3. The van der Waals surface area contributed by atoms with Gasteiger partial charge in [-0.2, -0.15) is 0 Å². The maximum absolute atomic E-state index is 13.9. The molecule has 2 aromatic carbocycles. The molecule has 3 rings (SSSR count). The zero-order chi connectivity index (χ0) is 18.1. The van der Waals surface area contributed by atoms with Crippen LogP contribution < -0.4 is 10.2 Å². The molecule has 0 unspecified atom stereocenters. The molecule has 130 valence electrons. The molecule has 1 heterocycles. The second kappa shape index (κ2) is 6.84. The fourth-order valence-electron chi connectivity index (χ4n) is 2.92. The molecule has 0 aromatic heterocycles. The maximum atomic E-state index is 13.9. The monoisotopic (exact) mass is 360 g/mol. The van der Waals surface area contributed by atoms with Crippen LogP contribution in [0.25, 0.3) is 0 Å². The predicted molar refractivity (Wildman–Crippen MR) is 95.6 cm³/mol. The fraction of sp³-hybridized carbons (Fsp3) is 0.263. The zero-order valence-corrected chi connectivity index (χ0v) is 14.7. The molecule has 4 nitrogen and oxygen atoms in total. The molecular formula is C19H18ClFN2O2. The first-order valence-corrected chi connectivity index (χ1v) is 8.37. The third kappa shape index (κ3) is 3.51. The van der Waals surface area contributed by atoms with Crippen LogP contribution in [0.3, 0.4) is 0 Å². The van der Waals surface area contributed by atoms with E-state index in [9.17, 15) is 14.0 Å². The quantitative estimate of drug-likeness (QED) is 0.908. The number of nitrogens with zero attached hydrogens (tertiary/aromatic N) is 1. The Morgan fingerprint density at radius 2 is 2.00 bits per heavy atom. The Balaban J connectivity index is 1.74. The van der Waals surface area contributed by atoms with Crippen molar-refractivity contribution in [3.8, 4) is 0 Å². The van der Waals surface area contributed by atoms with Crippen molar-refractivity contribution in [2.75, 3.05) is 11.4 Å². The fourth-order valence-corrected chi connectivity index (χ4v) is 3.17. The Morgan fingerprint density at radius 1 is 1.24 bits per heavy atom. The second-order valence-electron chi connectivity index (χ2n) is 6.24. The van der Waals surface area contributed by atoms with Gasteiger partial charge < -0.3 is 10.2 Å². The highest BCUT2D eigenvalue weighted by molar-refractivity contribution is 6.33. The summed E-state index contributed by atoms with van der Waals surface area (Å²) < 4.78 is 13.9. The van der Waals surface area contributed by atoms with Crippen molar-refractivity contribution >= 4 is 29.1 Å². The van der Waals surface area contributed by atoms with Crippen LogP contribution in [0.4, 0.5) is 10.1 Å². The Kier molecular flexibility index (Phi) is 4.77. The van der Waals surface area contributed by atoms with Crippen LogP contribution in [0.5, 0.6) is 0 Å². The number of benzene rings is 2. The minimum atomic E-state index is -0.680. The highest BCUT2D eigenvalue weighted by Crippen LogP contribution is 2.25. The Labute approximate surface area is 150 Å². The van der Waals surface area contributed by atoms with Gasteiger partial charge in [0, 0.05) is 18.7 Å². The maximum Gasteiger partial charge on any atom is 0.256 e. The lowest BCUT2D eigenvalue weighted by molar-refractivity contribution is -0.117. The van der Waals surface area contributed by atoms with Gasteiger partial charge in [-0.15, -0.1) is 0 Å². The molecule has 2 amide bonds. The average molecular weight is 361 g/mol. The molecule has 0 spiro atoms. The van der Waals surface area contributed by atoms with Crippen molar-refractivity contribution in [3.63, 3.8) is 0 Å². The number of hydrogen-bond donors (Lipinski definition) is 1. The van der Waals surface area contributed by atoms with Gasteiger partial charge >= 0.3 is 0 Å². The number of aryl methyl sites for hydroxylation is 2. The molecule has 1 N–H and O–H groups in total. The normalized spacial score (nSPS) is 17.0. The summed E-state index contributed by atoms with van der Waals surface area (Å²) >= 11 is 5.92. The van der Waals surface area contributed by atoms with Crippen molar-refractivity contribution < 1.29 is 14.0 Å². The zero-order valence-electron chi connectivity index (χ0n) is 14.0. The lowest BCUT2D eigenvalue weighted by Gasteiger charge is -2.18. The van der Waals surface area contributed by atoms with Gasteiger partial charge in [0.2, 0.25) is 5.91 Å². The number of anilines is 1. The van der Waals surface area contributed by atoms with Crippen LogP contribution in [0, 0.1) is 19.7 Å². The SMILES string of the molecule is Cc1ccc(N2C[C@H](NC(=O)c3c(F)cccc3Cl)CC2=O)cc1C. The molecule has 1 saturated heterocycles. The summed E-state index contributed by atoms with van der Waals surface area (Å²) in [6.07, 6.45) is 0.171. The lowest BCUT2D eigenvalue weighted by Crippen LogP contribution is -2.37. The van der Waals surface area contributed by atoms with Gasteiger partial charge in [0.1, 0.15) is 5.82 Å². The predicted octanol–water partition coefficient (Wildman–Crippen LogP) is 3.63. The van der Waals surface area contributed by atoms with E-state index in [1.165, 1.54) is 18.2 Å². The van der Waals surface area contributed by atoms with E-state index in [1.54, 1.807) is 4.90 Å². The summed E-state index contributed by atoms with van der Waals surface area (Å²) in [5.41, 5.74) is 2.85. The largest absolute Gasteiger partial charge is 0.347 e. The number of rotatable bonds is 3. The van der Waals surface area contributed by atoms with Crippen molar-refractivity contribution in [1.29, 1.82) is 0 Å². The van der Waals surface area contributed by atoms with E-state index in [1.807, 2.05) is 32.0 Å². The van der Waals surface area contributed by atoms with Crippen molar-refractivity contribution in [3.05, 3.63) is 63.9 Å². The van der Waals surface area contributed by atoms with Crippen LogP contribution in [0.15, 0.2) is 36.4 Å². The summed E-state index contributed by atoms with van der Waals surface area (Å²) in [7, 11) is 0. The number of amides is 2. The molecular weight excluding hydrogens is 343 g/mol. The van der Waals surface area contributed by atoms with E-state index in [0.29, 0.717) is 6.54 Å². The van der Waals surface area contributed by atoms with Crippen LogP contribution in [-0.4, -0.2) is 24.4 Å². The van der Waals surface area contributed by atoms with E-state index < -0.39 is 17.8 Å². The summed E-state index contributed by atoms with van der Waals surface area (Å²) in [5.74, 6) is -1.36. The highest BCUT2D eigenvalue weighted by Gasteiger charge is 2.32. The topological polar surface area (TPSA) is 49.4 Å². The molecule has 25 heavy (non-hydrogen) atoms. The van der Waals surface area contributed by atoms with Gasteiger partial charge in [-0.1, -0.05) is 23.7 Å². The summed E-state index contributed by atoms with van der Waals surface area (Å²) in [6.45, 7) is 4.34. The van der Waals surface area contributed by atoms with Crippen molar-refractivity contribution in [1.82, 2.24) is 5.32 Å². The van der Waals surface area contributed by atoms with Gasteiger partial charge in [-0.3, -0.25) is 9.59 Å². The minimum Gasteiger partial charge on any atom is -0.347 e. The Morgan fingerprint density at radius 3 is 2.68 bits per heavy atom. The molecule has 2 aromatic rings. The number of nitrogens with one attached hydrogen (secondary N) is 1. The molecule has 0 radical (unpaired) electrons. The molecule has 6 heteroatoms. The number of carbonyl (C=O) groups is 2. The summed E-state index contributed by atoms with van der Waals surface area (Å²) in [5, 5.41) is 2.76. The van der Waals surface area contributed by atoms with E-state index in [0.717, 1.165) is 16.8 Å². The van der Waals surface area contributed by atoms with Crippen LogP contribution >= 0.6 is 11.6 Å². The van der Waals surface area contributed by atoms with Gasteiger partial charge in [0.15, 0.2) is 0 Å². The van der Waals surface area contributed by atoms with E-state index in [-0.39, 0.29) is 22.9 Å². The smallest absolute Gasteiger partial charge is 0.256 e. The molecule has 0 bridgehead atoms. The molecule has 1 fully saturated rings. The van der Waals surface area contributed by atoms with E-state index in [2.05, 4.69) is 5.32 Å². The number of carbonyl (C=O) groups excluding carboxylic acids is 2. The molecule has 0 saturated carbocycles. The van der Waals surface area contributed by atoms with E-state index in [4.69, 9.17) is 11.6 Å². The van der Waals surface area contributed by atoms with Crippen molar-refractivity contribution in [2.24, 2.45) is 0 Å². The third-order valence-corrected chi connectivity index (χ3v) is 4.77. The summed E-state index contributed by atoms with van der Waals surface area (Å²) in [6, 6.07) is 9.49. The molecule has 1 aliphatic heterocycles. The van der Waals surface area contributed by atoms with Gasteiger partial charge in [-0.05, 0) is 49.2 Å². The van der Waals surface area contributed by atoms with Crippen LogP contribution in [0.1, 0.15) is 27.9 Å². The molecule has 0 aliphatic carbocycles. The number of halogens is 2. The van der Waals surface area contributed by atoms with E-state index >= 15 is 0 Å². The van der Waals surface area contributed by atoms with Crippen LogP contribution in [0.2, 0.25) is 5.02 Å². The Hall–Kier alpha value is -2.40. The Bertz CT molecular complexity index is 833. The van der Waals surface area contributed by atoms with Gasteiger partial charge in [-0.25, -0.2) is 4.39 Å². The minimum absolute atomic E-state index is 0.0489. The molecule has 1 aliphatic rings. The van der Waals surface area contributed by atoms with Crippen molar-refractivity contribution in [2.45, 2.75) is 26.3 Å². The van der Waals surface area contributed by atoms with Crippen LogP contribution in [-0.2, 0) is 4.79 Å². The average Bonchev–Trinajstić information content (AvgIpc) is 2.90. The molecule has 1 atom stereocenters. The first kappa shape index (κ1) is 17.4. The first-order chi connectivity index (χ1) is 11.9. The highest BCUT2D eigenvalue weighted by atomic mass is 35.5. The third-order valence-electron chi connectivity index (χ3n) is 4.45.